The Balaban J connectivity index is 1.37. The van der Waals surface area contributed by atoms with Gasteiger partial charge in [0.1, 0.15) is 16.8 Å². The van der Waals surface area contributed by atoms with Gasteiger partial charge in [0.15, 0.2) is 0 Å². The number of thiazole rings is 1. The molecule has 1 aromatic heterocycles. The maximum Gasteiger partial charge on any atom is 0.318 e. The van der Waals surface area contributed by atoms with Crippen LogP contribution in [-0.4, -0.2) is 48.3 Å². The number of nitrogens with zero attached hydrogens (tertiary/aromatic N) is 3. The van der Waals surface area contributed by atoms with Crippen LogP contribution in [0.5, 0.6) is 5.75 Å². The number of nitriles is 1. The summed E-state index contributed by atoms with van der Waals surface area (Å²) in [5, 5.41) is 13.7. The lowest BCUT2D eigenvalue weighted by molar-refractivity contribution is 0.0525. The predicted octanol–water partition coefficient (Wildman–Crippen LogP) is 5.17. The zero-order valence-electron chi connectivity index (χ0n) is 19.9. The van der Waals surface area contributed by atoms with Crippen LogP contribution in [0.4, 0.5) is 4.79 Å². The van der Waals surface area contributed by atoms with E-state index in [-0.39, 0.29) is 18.2 Å². The Labute approximate surface area is 209 Å². The summed E-state index contributed by atoms with van der Waals surface area (Å²) in [4.78, 5) is 20.3. The number of ether oxygens (including phenoxy) is 2. The van der Waals surface area contributed by atoms with E-state index in [1.807, 2.05) is 43.1 Å². The van der Waals surface area contributed by atoms with Crippen molar-refractivity contribution >= 4 is 17.4 Å². The predicted molar refractivity (Wildman–Crippen MR) is 135 cm³/mol. The lowest BCUT2D eigenvalue weighted by atomic mass is 10.0. The summed E-state index contributed by atoms with van der Waals surface area (Å²) >= 11 is 1.61. The lowest BCUT2D eigenvalue weighted by Gasteiger charge is -2.28. The van der Waals surface area contributed by atoms with Crippen LogP contribution < -0.4 is 10.1 Å². The molecule has 1 fully saturated rings. The largest absolute Gasteiger partial charge is 0.490 e. The van der Waals surface area contributed by atoms with E-state index in [1.165, 1.54) is 11.1 Å². The first-order valence-electron chi connectivity index (χ1n) is 12.0. The van der Waals surface area contributed by atoms with Gasteiger partial charge in [-0.05, 0) is 61.6 Å². The second kappa shape index (κ2) is 10.1. The SMILES string of the molecule is CC(C)Oc1ccc(-c2ncc(-c3cccc4c3CCC4NC(=O)N3CCOCC3)s2)cc1C#N. The molecule has 0 spiro atoms. The molecule has 2 aliphatic rings. The second-order valence-electron chi connectivity index (χ2n) is 9.03. The Bertz CT molecular complexity index is 1270. The van der Waals surface area contributed by atoms with Crippen molar-refractivity contribution in [3.8, 4) is 32.8 Å². The molecule has 1 N–H and O–H groups in total. The molecule has 3 aromatic rings. The average Bonchev–Trinajstić information content (AvgIpc) is 3.52. The highest BCUT2D eigenvalue weighted by atomic mass is 32.1. The Morgan fingerprint density at radius 1 is 1.29 bits per heavy atom. The molecule has 0 saturated carbocycles. The molecule has 1 saturated heterocycles. The molecule has 5 rings (SSSR count). The average molecular weight is 489 g/mol. The van der Waals surface area contributed by atoms with Gasteiger partial charge in [-0.25, -0.2) is 9.78 Å². The second-order valence-corrected chi connectivity index (χ2v) is 10.1. The van der Waals surface area contributed by atoms with Gasteiger partial charge in [-0.1, -0.05) is 18.2 Å². The Morgan fingerprint density at radius 2 is 2.11 bits per heavy atom. The van der Waals surface area contributed by atoms with E-state index in [0.29, 0.717) is 37.6 Å². The Morgan fingerprint density at radius 3 is 2.89 bits per heavy atom. The maximum atomic E-state index is 12.7. The van der Waals surface area contributed by atoms with Gasteiger partial charge in [-0.15, -0.1) is 11.3 Å². The van der Waals surface area contributed by atoms with E-state index in [1.54, 1.807) is 11.3 Å². The molecule has 0 radical (unpaired) electrons. The van der Waals surface area contributed by atoms with Crippen LogP contribution in [-0.2, 0) is 11.2 Å². The molecule has 2 aromatic carbocycles. The number of benzene rings is 2. The molecule has 7 nitrogen and oxygen atoms in total. The van der Waals surface area contributed by atoms with Crippen LogP contribution in [0.1, 0.15) is 43.0 Å². The van der Waals surface area contributed by atoms with Crippen molar-refractivity contribution in [1.82, 2.24) is 15.2 Å². The minimum atomic E-state index is -0.0187. The molecule has 8 heteroatoms. The van der Waals surface area contributed by atoms with Crippen molar-refractivity contribution in [1.29, 1.82) is 5.26 Å². The lowest BCUT2D eigenvalue weighted by Crippen LogP contribution is -2.46. The van der Waals surface area contributed by atoms with Crippen molar-refractivity contribution in [2.75, 3.05) is 26.3 Å². The molecule has 1 unspecified atom stereocenters. The Hall–Kier alpha value is -3.41. The van der Waals surface area contributed by atoms with Crippen LogP contribution in [0.2, 0.25) is 0 Å². The number of rotatable bonds is 5. The summed E-state index contributed by atoms with van der Waals surface area (Å²) in [6.07, 6.45) is 3.70. The van der Waals surface area contributed by atoms with E-state index < -0.39 is 0 Å². The first kappa shape index (κ1) is 23.3. The van der Waals surface area contributed by atoms with Gasteiger partial charge in [0, 0.05) is 24.8 Å². The number of carbonyl (C=O) groups is 1. The maximum absolute atomic E-state index is 12.7. The molecular weight excluding hydrogens is 460 g/mol. The fourth-order valence-electron chi connectivity index (χ4n) is 4.68. The van der Waals surface area contributed by atoms with E-state index in [4.69, 9.17) is 9.47 Å². The number of hydrogen-bond acceptors (Lipinski definition) is 6. The highest BCUT2D eigenvalue weighted by Crippen LogP contribution is 2.41. The highest BCUT2D eigenvalue weighted by molar-refractivity contribution is 7.18. The van der Waals surface area contributed by atoms with Crippen LogP contribution in [0.15, 0.2) is 42.6 Å². The summed E-state index contributed by atoms with van der Waals surface area (Å²) in [5.41, 5.74) is 5.02. The number of fused-ring (bicyclic) bond motifs is 1. The van der Waals surface area contributed by atoms with Crippen molar-refractivity contribution in [3.05, 3.63) is 59.3 Å². The molecule has 2 amide bonds. The van der Waals surface area contributed by atoms with Crippen molar-refractivity contribution in [3.63, 3.8) is 0 Å². The van der Waals surface area contributed by atoms with Crippen molar-refractivity contribution < 1.29 is 14.3 Å². The van der Waals surface area contributed by atoms with Gasteiger partial charge in [-0.3, -0.25) is 0 Å². The van der Waals surface area contributed by atoms with E-state index in [0.717, 1.165) is 33.9 Å². The fourth-order valence-corrected chi connectivity index (χ4v) is 5.65. The van der Waals surface area contributed by atoms with Gasteiger partial charge in [0.05, 0.1) is 35.8 Å². The summed E-state index contributed by atoms with van der Waals surface area (Å²) < 4.78 is 11.1. The van der Waals surface area contributed by atoms with Gasteiger partial charge in [0.25, 0.3) is 0 Å². The zero-order valence-corrected chi connectivity index (χ0v) is 20.7. The molecular formula is C27H28N4O3S. The standard InChI is InChI=1S/C27H28N4O3S/c1-17(2)34-24-9-6-18(14-19(24)15-28)26-29-16-25(35-26)22-5-3-4-21-20(22)7-8-23(21)30-27(32)31-10-12-33-13-11-31/h3-6,9,14,16-17,23H,7-8,10-13H2,1-2H3,(H,30,32). The van der Waals surface area contributed by atoms with E-state index in [9.17, 15) is 10.1 Å². The number of morpholine rings is 1. The van der Waals surface area contributed by atoms with Gasteiger partial charge >= 0.3 is 6.03 Å². The third-order valence-corrected chi connectivity index (χ3v) is 7.43. The molecule has 1 aliphatic carbocycles. The number of amides is 2. The molecule has 35 heavy (non-hydrogen) atoms. The van der Waals surface area contributed by atoms with Gasteiger partial charge in [-0.2, -0.15) is 5.26 Å². The molecule has 1 atom stereocenters. The number of nitrogens with one attached hydrogen (secondary N) is 1. The highest BCUT2D eigenvalue weighted by Gasteiger charge is 2.28. The Kier molecular flexibility index (Phi) is 6.71. The first-order chi connectivity index (χ1) is 17.0. The molecule has 2 heterocycles. The third kappa shape index (κ3) is 4.88. The number of aromatic nitrogens is 1. The van der Waals surface area contributed by atoms with Gasteiger partial charge < -0.3 is 19.7 Å². The van der Waals surface area contributed by atoms with Gasteiger partial charge in [0.2, 0.25) is 0 Å². The summed E-state index contributed by atoms with van der Waals surface area (Å²) in [6.45, 7) is 6.34. The van der Waals surface area contributed by atoms with E-state index >= 15 is 0 Å². The van der Waals surface area contributed by atoms with Crippen molar-refractivity contribution in [2.45, 2.75) is 38.8 Å². The number of urea groups is 1. The molecule has 180 valence electrons. The van der Waals surface area contributed by atoms with Crippen LogP contribution in [0.3, 0.4) is 0 Å². The molecule has 1 aliphatic heterocycles. The third-order valence-electron chi connectivity index (χ3n) is 6.35. The monoisotopic (exact) mass is 488 g/mol. The van der Waals surface area contributed by atoms with Crippen LogP contribution >= 0.6 is 11.3 Å². The van der Waals surface area contributed by atoms with E-state index in [2.05, 4.69) is 34.6 Å². The summed E-state index contributed by atoms with van der Waals surface area (Å²) in [6, 6.07) is 14.2. The van der Waals surface area contributed by atoms with Crippen LogP contribution in [0, 0.1) is 11.3 Å². The first-order valence-corrected chi connectivity index (χ1v) is 12.8. The topological polar surface area (TPSA) is 87.5 Å². The van der Waals surface area contributed by atoms with Crippen molar-refractivity contribution in [2.24, 2.45) is 0 Å². The quantitative estimate of drug-likeness (QED) is 0.536. The molecule has 0 bridgehead atoms. The summed E-state index contributed by atoms with van der Waals surface area (Å²) in [7, 11) is 0. The minimum Gasteiger partial charge on any atom is -0.490 e. The van der Waals surface area contributed by atoms with Crippen LogP contribution in [0.25, 0.3) is 21.0 Å². The zero-order chi connectivity index (χ0) is 24.4. The minimum absolute atomic E-state index is 0.00192. The smallest absolute Gasteiger partial charge is 0.318 e. The number of hydrogen-bond donors (Lipinski definition) is 1. The summed E-state index contributed by atoms with van der Waals surface area (Å²) in [5.74, 6) is 0.592. The number of carbonyl (C=O) groups excluding carboxylic acids is 1. The normalized spacial score (nSPS) is 17.2. The fraction of sp³-hybridized carbons (Fsp3) is 0.370.